The molecule has 0 aliphatic heterocycles. The van der Waals surface area contributed by atoms with E-state index in [2.05, 4.69) is 5.32 Å². The molecule has 2 N–H and O–H groups in total. The molecule has 4 aromatic rings. The van der Waals surface area contributed by atoms with Crippen molar-refractivity contribution >= 4 is 39.2 Å². The van der Waals surface area contributed by atoms with Crippen LogP contribution in [0.2, 0.25) is 5.02 Å². The summed E-state index contributed by atoms with van der Waals surface area (Å²) in [7, 11) is -4.54. The van der Waals surface area contributed by atoms with Gasteiger partial charge in [-0.05, 0) is 77.1 Å². The summed E-state index contributed by atoms with van der Waals surface area (Å²) in [5, 5.41) is 12.3. The SMILES string of the molecule is COc1cc(NC(=O)C(Cc2cc(C3CC3)cc(C(C)(C)C)c2)N(Cc2ccc(Cl)cc2)S(=O)(=O)c2c(F)c(F)c(F)c(F)c2F)ccc1C(=O)O. The Balaban J connectivity index is 1.73. The number of anilines is 1. The number of carbonyl (C=O) groups is 2. The maximum absolute atomic E-state index is 15.3. The number of benzene rings is 4. The van der Waals surface area contributed by atoms with E-state index in [-0.39, 0.29) is 33.5 Å². The third kappa shape index (κ3) is 8.08. The highest BCUT2D eigenvalue weighted by Gasteiger charge is 2.43. The third-order valence-corrected chi connectivity index (χ3v) is 10.8. The molecule has 52 heavy (non-hydrogen) atoms. The van der Waals surface area contributed by atoms with E-state index in [0.29, 0.717) is 9.87 Å². The molecule has 5 rings (SSSR count). The number of carbonyl (C=O) groups excluding carboxylic acids is 1. The average Bonchev–Trinajstić information content (AvgIpc) is 3.94. The Morgan fingerprint density at radius 3 is 2.04 bits per heavy atom. The van der Waals surface area contributed by atoms with Crippen LogP contribution in [0, 0.1) is 29.1 Å². The molecule has 15 heteroatoms. The highest BCUT2D eigenvalue weighted by Crippen LogP contribution is 2.42. The van der Waals surface area contributed by atoms with Crippen LogP contribution in [0.3, 0.4) is 0 Å². The number of aromatic carboxylic acids is 1. The highest BCUT2D eigenvalue weighted by molar-refractivity contribution is 7.89. The van der Waals surface area contributed by atoms with Crippen molar-refractivity contribution in [3.63, 3.8) is 0 Å². The number of carboxylic acids is 1. The largest absolute Gasteiger partial charge is 0.496 e. The van der Waals surface area contributed by atoms with Crippen molar-refractivity contribution in [3.8, 4) is 5.75 Å². The number of methoxy groups -OCH3 is 1. The molecule has 0 radical (unpaired) electrons. The average molecular weight is 765 g/mol. The Kier molecular flexibility index (Phi) is 11.0. The van der Waals surface area contributed by atoms with Crippen molar-refractivity contribution in [1.82, 2.24) is 4.31 Å². The van der Waals surface area contributed by atoms with Crippen LogP contribution in [-0.2, 0) is 33.2 Å². The van der Waals surface area contributed by atoms with Gasteiger partial charge in [0.15, 0.2) is 28.2 Å². The van der Waals surface area contributed by atoms with E-state index in [4.69, 9.17) is 16.3 Å². The van der Waals surface area contributed by atoms with Gasteiger partial charge in [0.05, 0.1) is 7.11 Å². The number of hydrogen-bond acceptors (Lipinski definition) is 5. The second-order valence-electron chi connectivity index (χ2n) is 13.5. The fourth-order valence-corrected chi connectivity index (χ4v) is 7.52. The Morgan fingerprint density at radius 1 is 0.904 bits per heavy atom. The summed E-state index contributed by atoms with van der Waals surface area (Å²) in [6, 6.07) is 12.7. The number of ether oxygens (including phenoxy) is 1. The molecule has 1 saturated carbocycles. The molecule has 8 nitrogen and oxygen atoms in total. The molecule has 0 heterocycles. The molecule has 0 saturated heterocycles. The fraction of sp³-hybridized carbons (Fsp3) is 0.297. The monoisotopic (exact) mass is 764 g/mol. The van der Waals surface area contributed by atoms with Crippen molar-refractivity contribution in [2.75, 3.05) is 12.4 Å². The van der Waals surface area contributed by atoms with E-state index in [9.17, 15) is 36.3 Å². The topological polar surface area (TPSA) is 113 Å². The predicted octanol–water partition coefficient (Wildman–Crippen LogP) is 8.36. The molecule has 0 bridgehead atoms. The van der Waals surface area contributed by atoms with E-state index in [1.54, 1.807) is 12.1 Å². The molecule has 1 fully saturated rings. The Hall–Kier alpha value is -4.53. The molecule has 0 spiro atoms. The van der Waals surface area contributed by atoms with Crippen molar-refractivity contribution < 1.29 is 49.8 Å². The fourth-order valence-electron chi connectivity index (χ4n) is 5.70. The molecule has 1 aliphatic carbocycles. The minimum absolute atomic E-state index is 0.0426. The van der Waals surface area contributed by atoms with E-state index in [0.717, 1.165) is 30.0 Å². The first kappa shape index (κ1) is 38.7. The highest BCUT2D eigenvalue weighted by atomic mass is 35.5. The van der Waals surface area contributed by atoms with Crippen molar-refractivity contribution in [3.05, 3.63) is 123 Å². The number of sulfonamides is 1. The molecule has 0 aromatic heterocycles. The van der Waals surface area contributed by atoms with Crippen molar-refractivity contribution in [1.29, 1.82) is 0 Å². The second-order valence-corrected chi connectivity index (χ2v) is 15.8. The van der Waals surface area contributed by atoms with Gasteiger partial charge in [-0.2, -0.15) is 4.31 Å². The molecule has 4 aromatic carbocycles. The molecule has 1 amide bonds. The lowest BCUT2D eigenvalue weighted by Crippen LogP contribution is -2.48. The summed E-state index contributed by atoms with van der Waals surface area (Å²) < 4.78 is 108. The van der Waals surface area contributed by atoms with Crippen LogP contribution in [-0.4, -0.2) is 42.9 Å². The number of amides is 1. The molecular formula is C37H34ClF5N2O6S. The van der Waals surface area contributed by atoms with E-state index in [1.165, 1.54) is 43.5 Å². The molecular weight excluding hydrogens is 731 g/mol. The van der Waals surface area contributed by atoms with Gasteiger partial charge < -0.3 is 15.2 Å². The number of carboxylic acid groups (broad SMARTS) is 1. The number of halogens is 6. The zero-order valence-corrected chi connectivity index (χ0v) is 29.9. The summed E-state index contributed by atoms with van der Waals surface area (Å²) in [5.41, 5.74) is 1.71. The third-order valence-electron chi connectivity index (χ3n) is 8.70. The Labute approximate surface area is 302 Å². The Morgan fingerprint density at radius 2 is 1.50 bits per heavy atom. The first-order valence-corrected chi connectivity index (χ1v) is 17.8. The van der Waals surface area contributed by atoms with Crippen LogP contribution in [0.25, 0.3) is 0 Å². The number of hydrogen-bond donors (Lipinski definition) is 2. The van der Waals surface area contributed by atoms with Gasteiger partial charge in [0.25, 0.3) is 0 Å². The summed E-state index contributed by atoms with van der Waals surface area (Å²) in [4.78, 5) is 23.9. The summed E-state index contributed by atoms with van der Waals surface area (Å²) in [6.07, 6.45) is 1.40. The van der Waals surface area contributed by atoms with Crippen LogP contribution < -0.4 is 10.1 Å². The van der Waals surface area contributed by atoms with Gasteiger partial charge in [-0.3, -0.25) is 4.79 Å². The van der Waals surface area contributed by atoms with Gasteiger partial charge in [0.2, 0.25) is 21.7 Å². The minimum atomic E-state index is -5.73. The van der Waals surface area contributed by atoms with E-state index < -0.39 is 80.3 Å². The van der Waals surface area contributed by atoms with Crippen LogP contribution in [0.5, 0.6) is 5.75 Å². The first-order valence-electron chi connectivity index (χ1n) is 16.0. The first-order chi connectivity index (χ1) is 24.3. The van der Waals surface area contributed by atoms with Gasteiger partial charge in [-0.15, -0.1) is 0 Å². The van der Waals surface area contributed by atoms with Gasteiger partial charge >= 0.3 is 5.97 Å². The Bertz CT molecular complexity index is 2130. The van der Waals surface area contributed by atoms with E-state index >= 15 is 8.78 Å². The zero-order chi connectivity index (χ0) is 38.3. The molecule has 276 valence electrons. The summed E-state index contributed by atoms with van der Waals surface area (Å²) in [5.74, 6) is -15.1. The second kappa shape index (κ2) is 14.8. The van der Waals surface area contributed by atoms with Gasteiger partial charge in [-0.25, -0.2) is 35.2 Å². The van der Waals surface area contributed by atoms with E-state index in [1.807, 2.05) is 26.8 Å². The lowest BCUT2D eigenvalue weighted by Gasteiger charge is -2.31. The van der Waals surface area contributed by atoms with Crippen LogP contribution in [0.4, 0.5) is 27.6 Å². The lowest BCUT2D eigenvalue weighted by molar-refractivity contribution is -0.119. The van der Waals surface area contributed by atoms with Crippen LogP contribution in [0.1, 0.15) is 72.1 Å². The molecule has 1 unspecified atom stereocenters. The molecule has 1 aliphatic rings. The van der Waals surface area contributed by atoms with Crippen molar-refractivity contribution in [2.24, 2.45) is 0 Å². The number of rotatable bonds is 12. The van der Waals surface area contributed by atoms with Gasteiger partial charge in [0, 0.05) is 23.3 Å². The van der Waals surface area contributed by atoms with Crippen LogP contribution >= 0.6 is 11.6 Å². The zero-order valence-electron chi connectivity index (χ0n) is 28.4. The maximum atomic E-state index is 15.3. The lowest BCUT2D eigenvalue weighted by atomic mass is 9.83. The number of nitrogens with one attached hydrogen (secondary N) is 1. The molecule has 1 atom stereocenters. The normalized spacial score (nSPS) is 14.0. The van der Waals surface area contributed by atoms with Crippen molar-refractivity contribution in [2.45, 2.75) is 68.8 Å². The van der Waals surface area contributed by atoms with Gasteiger partial charge in [-0.1, -0.05) is 62.7 Å². The summed E-state index contributed by atoms with van der Waals surface area (Å²) in [6.45, 7) is 5.11. The maximum Gasteiger partial charge on any atom is 0.339 e. The van der Waals surface area contributed by atoms with Crippen LogP contribution in [0.15, 0.2) is 65.6 Å². The van der Waals surface area contributed by atoms with Gasteiger partial charge in [0.1, 0.15) is 17.4 Å². The minimum Gasteiger partial charge on any atom is -0.496 e. The number of nitrogens with zero attached hydrogens (tertiary/aromatic N) is 1. The quantitative estimate of drug-likeness (QED) is 0.0852. The standard InChI is InChI=1S/C37H34ClF5N2O6S/c1-37(2,3)23-14-20(13-22(16-23)21-7-8-21)15-27(35(46)44-25-11-12-26(36(47)48)28(17-25)51-4)45(18-19-5-9-24(38)10-6-19)52(49,50)34-32(42)30(40)29(39)31(41)33(34)43/h5-6,9-14,16-17,21,27H,7-8,15,18H2,1-4H3,(H,44,46)(H,47,48). The predicted molar refractivity (Wildman–Crippen MR) is 184 cm³/mol. The smallest absolute Gasteiger partial charge is 0.339 e. The summed E-state index contributed by atoms with van der Waals surface area (Å²) >= 11 is 6.03.